The molecule has 0 saturated heterocycles. The van der Waals surface area contributed by atoms with Crippen molar-refractivity contribution in [2.75, 3.05) is 46.1 Å². The Morgan fingerprint density at radius 1 is 0.462 bits per heavy atom. The zero-order chi connectivity index (χ0) is 78.1. The van der Waals surface area contributed by atoms with Gasteiger partial charge >= 0.3 is 0 Å². The highest BCUT2D eigenvalue weighted by atomic mass is 16.5. The van der Waals surface area contributed by atoms with Crippen molar-refractivity contribution >= 4 is 31.1 Å². The van der Waals surface area contributed by atoms with Gasteiger partial charge in [0.2, 0.25) is 0 Å². The molecule has 0 amide bonds. The van der Waals surface area contributed by atoms with Crippen LogP contribution in [0.3, 0.4) is 0 Å². The second-order valence-corrected chi connectivity index (χ2v) is 33.5. The van der Waals surface area contributed by atoms with Gasteiger partial charge in [-0.3, -0.25) is 25.0 Å². The minimum Gasteiger partial charge on any atom is -0.375 e. The van der Waals surface area contributed by atoms with E-state index < -0.39 is 11.2 Å². The predicted octanol–water partition coefficient (Wildman–Crippen LogP) is 25.4. The number of aryl methyl sites for hydroxylation is 1. The first kappa shape index (κ1) is 93.8. The molecule has 10 heteroatoms. The normalized spacial score (nSPS) is 16.9. The third-order valence-corrected chi connectivity index (χ3v) is 26.8. The second-order valence-electron chi connectivity index (χ2n) is 33.5. The van der Waals surface area contributed by atoms with Gasteiger partial charge in [0.05, 0.1) is 64.4 Å². The molecule has 8 atom stereocenters. The van der Waals surface area contributed by atoms with Gasteiger partial charge in [0.1, 0.15) is 0 Å². The molecule has 0 aliphatic carbocycles. The second kappa shape index (κ2) is 44.3. The number of ether oxygens (including phenoxy) is 5. The number of benzene rings is 3. The Hall–Kier alpha value is -4.45. The van der Waals surface area contributed by atoms with Gasteiger partial charge in [-0.2, -0.15) is 0 Å². The summed E-state index contributed by atoms with van der Waals surface area (Å²) in [6.07, 6.45) is 27.4. The van der Waals surface area contributed by atoms with E-state index in [1.807, 2.05) is 6.21 Å². The summed E-state index contributed by atoms with van der Waals surface area (Å²) in [6.45, 7) is 72.3. The van der Waals surface area contributed by atoms with Crippen LogP contribution in [0, 0.1) is 30.6 Å². The molecule has 590 valence electrons. The zero-order valence-corrected chi connectivity index (χ0v) is 72.2. The van der Waals surface area contributed by atoms with Crippen LogP contribution in [0.5, 0.6) is 0 Å². The molecule has 0 bridgehead atoms. The molecule has 0 spiro atoms. The summed E-state index contributed by atoms with van der Waals surface area (Å²) >= 11 is 0. The van der Waals surface area contributed by atoms with Crippen molar-refractivity contribution in [1.82, 2.24) is 0 Å². The van der Waals surface area contributed by atoms with E-state index in [9.17, 15) is 0 Å². The molecule has 3 rings (SSSR count). The summed E-state index contributed by atoms with van der Waals surface area (Å²) in [5, 5.41) is 0. The molecule has 8 unspecified atom stereocenters. The van der Waals surface area contributed by atoms with Crippen LogP contribution in [0.2, 0.25) is 0 Å². The quantitative estimate of drug-likeness (QED) is 0.0413. The molecule has 0 saturated carbocycles. The average molecular weight is 1440 g/mol. The number of aliphatic imine (C=N–C) groups is 5. The van der Waals surface area contributed by atoms with Crippen molar-refractivity contribution in [2.24, 2.45) is 48.6 Å². The lowest BCUT2D eigenvalue weighted by Gasteiger charge is -2.47. The van der Waals surface area contributed by atoms with Crippen LogP contribution >= 0.6 is 0 Å². The molecule has 0 radical (unpaired) electrons. The maximum absolute atomic E-state index is 7.41. The van der Waals surface area contributed by atoms with Crippen molar-refractivity contribution in [3.63, 3.8) is 0 Å². The number of nitrogens with zero attached hydrogens (tertiary/aromatic N) is 5. The highest BCUT2D eigenvalue weighted by Crippen LogP contribution is 2.49. The first-order valence-corrected chi connectivity index (χ1v) is 42.0. The molecule has 0 aliphatic rings. The van der Waals surface area contributed by atoms with Gasteiger partial charge in [-0.05, 0) is 254 Å². The van der Waals surface area contributed by atoms with Gasteiger partial charge in [0.15, 0.2) is 0 Å². The molecule has 0 fully saturated rings. The summed E-state index contributed by atoms with van der Waals surface area (Å²) < 4.78 is 35.5. The molecule has 3 aromatic rings. The minimum absolute atomic E-state index is 0.0497. The Balaban J connectivity index is 1.79. The topological polar surface area (TPSA) is 108 Å². The monoisotopic (exact) mass is 1440 g/mol. The lowest BCUT2D eigenvalue weighted by molar-refractivity contribution is -0.172. The Kier molecular flexibility index (Phi) is 39.9. The first-order chi connectivity index (χ1) is 49.2. The number of rotatable bonds is 56. The third kappa shape index (κ3) is 26.4. The van der Waals surface area contributed by atoms with E-state index >= 15 is 0 Å². The number of hydrogen-bond acceptors (Lipinski definition) is 10. The molecule has 10 nitrogen and oxygen atoms in total. The summed E-state index contributed by atoms with van der Waals surface area (Å²) in [5.74, 6) is 0.553. The lowest BCUT2D eigenvalue weighted by atomic mass is 9.56. The summed E-state index contributed by atoms with van der Waals surface area (Å²) in [6, 6.07) is 26.9. The number of allylic oxidation sites excluding steroid dienone is 1. The van der Waals surface area contributed by atoms with Crippen molar-refractivity contribution in [3.8, 4) is 0 Å². The van der Waals surface area contributed by atoms with Gasteiger partial charge in [0.25, 0.3) is 0 Å². The van der Waals surface area contributed by atoms with Crippen LogP contribution in [0.15, 0.2) is 110 Å². The van der Waals surface area contributed by atoms with E-state index in [0.717, 1.165) is 171 Å². The molecule has 104 heavy (non-hydrogen) atoms. The van der Waals surface area contributed by atoms with Crippen LogP contribution in [0.25, 0.3) is 0 Å². The fourth-order valence-corrected chi connectivity index (χ4v) is 16.1. The summed E-state index contributed by atoms with van der Waals surface area (Å²) in [5.41, 5.74) is 7.08. The van der Waals surface area contributed by atoms with Gasteiger partial charge in [-0.15, -0.1) is 0 Å². The van der Waals surface area contributed by atoms with Crippen molar-refractivity contribution in [2.45, 2.75) is 377 Å². The van der Waals surface area contributed by atoms with Crippen LogP contribution in [-0.2, 0) is 34.5 Å². The SMILES string of the molecule is C=NC(C)(CC)C(C)CC(CC)(CC)OCC(COC(C)(C)CC(C)C(C)(C)N=Cc1cccc(C(C)(CC)C(C)(CC)c2cccc(C)c2)c1)C(C)(CC)OCC(C)C(CC)(CC)N=Cc1cccc(C=NCCCOC(CC)(CC)CCCCOC(CC)(CC)CCCN=C(CC)C(=C)CC)c1. The van der Waals surface area contributed by atoms with Crippen molar-refractivity contribution in [3.05, 3.63) is 118 Å². The van der Waals surface area contributed by atoms with Crippen molar-refractivity contribution < 1.29 is 23.7 Å². The van der Waals surface area contributed by atoms with E-state index in [1.165, 1.54) is 28.0 Å². The molecular weight excluding hydrogens is 1280 g/mol. The van der Waals surface area contributed by atoms with Crippen LogP contribution in [-0.4, -0.2) is 122 Å². The maximum Gasteiger partial charge on any atom is 0.0724 e. The number of hydrogen-bond donors (Lipinski definition) is 0. The molecule has 0 aromatic heterocycles. The smallest absolute Gasteiger partial charge is 0.0724 e. The molecule has 0 heterocycles. The Morgan fingerprint density at radius 2 is 0.981 bits per heavy atom. The largest absolute Gasteiger partial charge is 0.375 e. The van der Waals surface area contributed by atoms with Crippen molar-refractivity contribution in [1.29, 1.82) is 0 Å². The average Bonchev–Trinajstić information content (AvgIpc) is 0.746. The van der Waals surface area contributed by atoms with Crippen LogP contribution in [0.1, 0.15) is 348 Å². The third-order valence-electron chi connectivity index (χ3n) is 26.8. The standard InChI is InChI=1S/C94H159N5O5/c1-29-74(16)84(30-2)97-59-48-57-92(37-9,38-10)100-60-44-43-56-91(35-7,36-8)101-61-49-58-96-67-78-51-46-52-79(63-78)69-99-94(41-13,42-14)77(19)70-103-90(27,34-6)83(72-104-93(39-11,40-12)66-76(18)89(26,33-5)95-28)71-102-85(20,21)65-75(17)86(22,23)98-68-80-53-47-55-82(64-80)88(25,32-4)87(24,31-3)81-54-45-50-73(15)62-81/h45-47,50-55,62-64,67-69,75-77,83H,16,28-44,48-49,56-61,65-66,70-72H2,1-15,17-27H3. The Labute approximate surface area is 641 Å². The first-order valence-electron chi connectivity index (χ1n) is 42.0. The van der Waals surface area contributed by atoms with E-state index in [2.05, 4.69) is 284 Å². The van der Waals surface area contributed by atoms with Gasteiger partial charge in [-0.25, -0.2) is 0 Å². The number of unbranched alkanes of at least 4 members (excludes halogenated alkanes) is 1. The lowest BCUT2D eigenvalue weighted by Crippen LogP contribution is -2.49. The molecule has 3 aromatic carbocycles. The Bertz CT molecular complexity index is 3070. The van der Waals surface area contributed by atoms with Gasteiger partial charge in [0, 0.05) is 73.3 Å². The summed E-state index contributed by atoms with van der Waals surface area (Å²) in [4.78, 5) is 25.4. The summed E-state index contributed by atoms with van der Waals surface area (Å²) in [7, 11) is 0. The zero-order valence-electron chi connectivity index (χ0n) is 72.2. The molecular formula is C94H159N5O5. The fraction of sp³-hybridized carbons (Fsp3) is 0.734. The minimum atomic E-state index is -0.560. The van der Waals surface area contributed by atoms with E-state index in [1.54, 1.807) is 0 Å². The fourth-order valence-electron chi connectivity index (χ4n) is 16.1. The highest BCUT2D eigenvalue weighted by molar-refractivity contribution is 5.99. The highest BCUT2D eigenvalue weighted by Gasteiger charge is 2.46. The van der Waals surface area contributed by atoms with E-state index in [-0.39, 0.29) is 67.9 Å². The molecule has 0 aliphatic heterocycles. The van der Waals surface area contributed by atoms with Crippen LogP contribution < -0.4 is 0 Å². The molecule has 0 N–H and O–H groups in total. The van der Waals surface area contributed by atoms with Crippen LogP contribution in [0.4, 0.5) is 0 Å². The van der Waals surface area contributed by atoms with Gasteiger partial charge < -0.3 is 23.7 Å². The van der Waals surface area contributed by atoms with Gasteiger partial charge in [-0.1, -0.05) is 204 Å². The van der Waals surface area contributed by atoms with E-state index in [0.29, 0.717) is 33.0 Å². The van der Waals surface area contributed by atoms with E-state index in [4.69, 9.17) is 43.7 Å². The Morgan fingerprint density at radius 3 is 1.50 bits per heavy atom. The predicted molar refractivity (Wildman–Crippen MR) is 455 cm³/mol. The maximum atomic E-state index is 7.41.